The van der Waals surface area contributed by atoms with E-state index < -0.39 is 12.0 Å². The van der Waals surface area contributed by atoms with Crippen molar-refractivity contribution >= 4 is 17.6 Å². The molecule has 0 aliphatic rings. The lowest BCUT2D eigenvalue weighted by molar-refractivity contribution is -0.137. The standard InChI is InChI=1S/C16H24N2O3/c1-10(9-13(19)20)11-5-7-12(8-6-11)18-15(21)14(17)16(2,3)4/h5-8,10,14H,9,17H2,1-4H3,(H,18,21)(H,19,20). The molecule has 0 fully saturated rings. The van der Waals surface area contributed by atoms with Crippen LogP contribution in [-0.4, -0.2) is 23.0 Å². The lowest BCUT2D eigenvalue weighted by atomic mass is 9.87. The highest BCUT2D eigenvalue weighted by molar-refractivity contribution is 5.95. The largest absolute Gasteiger partial charge is 0.481 e. The molecule has 0 heterocycles. The number of amides is 1. The minimum Gasteiger partial charge on any atom is -0.481 e. The van der Waals surface area contributed by atoms with Crippen LogP contribution < -0.4 is 11.1 Å². The lowest BCUT2D eigenvalue weighted by Crippen LogP contribution is -2.45. The van der Waals surface area contributed by atoms with E-state index in [1.54, 1.807) is 12.1 Å². The molecular weight excluding hydrogens is 268 g/mol. The van der Waals surface area contributed by atoms with Gasteiger partial charge in [-0.1, -0.05) is 39.8 Å². The van der Waals surface area contributed by atoms with Crippen LogP contribution >= 0.6 is 0 Å². The summed E-state index contributed by atoms with van der Waals surface area (Å²) in [6.45, 7) is 7.59. The first kappa shape index (κ1) is 17.2. The molecule has 0 radical (unpaired) electrons. The summed E-state index contributed by atoms with van der Waals surface area (Å²) < 4.78 is 0. The van der Waals surface area contributed by atoms with Gasteiger partial charge in [-0.05, 0) is 29.0 Å². The van der Waals surface area contributed by atoms with E-state index in [0.717, 1.165) is 5.56 Å². The molecule has 1 amide bonds. The van der Waals surface area contributed by atoms with E-state index in [0.29, 0.717) is 5.69 Å². The van der Waals surface area contributed by atoms with Crippen molar-refractivity contribution in [1.82, 2.24) is 0 Å². The molecule has 2 atom stereocenters. The molecule has 1 rings (SSSR count). The maximum absolute atomic E-state index is 12.0. The summed E-state index contributed by atoms with van der Waals surface area (Å²) >= 11 is 0. The minimum atomic E-state index is -0.823. The Morgan fingerprint density at radius 2 is 1.76 bits per heavy atom. The van der Waals surface area contributed by atoms with Crippen molar-refractivity contribution in [3.8, 4) is 0 Å². The zero-order valence-corrected chi connectivity index (χ0v) is 13.0. The molecule has 0 aliphatic heterocycles. The van der Waals surface area contributed by atoms with Crippen LogP contribution in [0.3, 0.4) is 0 Å². The summed E-state index contributed by atoms with van der Waals surface area (Å²) in [5, 5.41) is 11.6. The number of carboxylic acid groups (broad SMARTS) is 1. The van der Waals surface area contributed by atoms with E-state index in [9.17, 15) is 9.59 Å². The predicted octanol–water partition coefficient (Wildman–Crippen LogP) is 2.58. The van der Waals surface area contributed by atoms with Crippen molar-refractivity contribution in [3.05, 3.63) is 29.8 Å². The third-order valence-electron chi connectivity index (χ3n) is 3.44. The molecule has 0 bridgehead atoms. The molecule has 116 valence electrons. The van der Waals surface area contributed by atoms with Gasteiger partial charge in [-0.3, -0.25) is 9.59 Å². The maximum atomic E-state index is 12.0. The number of anilines is 1. The molecule has 0 aliphatic carbocycles. The molecule has 1 aromatic rings. The molecule has 21 heavy (non-hydrogen) atoms. The monoisotopic (exact) mass is 292 g/mol. The van der Waals surface area contributed by atoms with Crippen LogP contribution in [0.1, 0.15) is 45.6 Å². The molecule has 2 unspecified atom stereocenters. The molecule has 0 spiro atoms. The average molecular weight is 292 g/mol. The topological polar surface area (TPSA) is 92.4 Å². The molecule has 5 nitrogen and oxygen atoms in total. The molecular formula is C16H24N2O3. The number of carbonyl (C=O) groups is 2. The Bertz CT molecular complexity index is 503. The number of rotatable bonds is 5. The summed E-state index contributed by atoms with van der Waals surface area (Å²) in [5.41, 5.74) is 7.18. The Labute approximate surface area is 125 Å². The number of carbonyl (C=O) groups excluding carboxylic acids is 1. The van der Waals surface area contributed by atoms with Crippen LogP contribution in [0.2, 0.25) is 0 Å². The number of nitrogens with two attached hydrogens (primary N) is 1. The Morgan fingerprint density at radius 3 is 2.19 bits per heavy atom. The highest BCUT2D eigenvalue weighted by Gasteiger charge is 2.27. The van der Waals surface area contributed by atoms with Gasteiger partial charge in [0.25, 0.3) is 0 Å². The minimum absolute atomic E-state index is 0.0657. The van der Waals surface area contributed by atoms with Crippen LogP contribution in [0.25, 0.3) is 0 Å². The highest BCUT2D eigenvalue weighted by Crippen LogP contribution is 2.22. The number of hydrogen-bond acceptors (Lipinski definition) is 3. The van der Waals surface area contributed by atoms with E-state index in [1.165, 1.54) is 0 Å². The van der Waals surface area contributed by atoms with Gasteiger partial charge in [0.1, 0.15) is 0 Å². The quantitative estimate of drug-likeness (QED) is 0.777. The fraction of sp³-hybridized carbons (Fsp3) is 0.500. The lowest BCUT2D eigenvalue weighted by Gasteiger charge is -2.25. The second-order valence-electron chi connectivity index (χ2n) is 6.45. The Morgan fingerprint density at radius 1 is 1.24 bits per heavy atom. The molecule has 0 aromatic heterocycles. The van der Waals surface area contributed by atoms with Gasteiger partial charge in [-0.15, -0.1) is 0 Å². The summed E-state index contributed by atoms with van der Waals surface area (Å²) in [7, 11) is 0. The summed E-state index contributed by atoms with van der Waals surface area (Å²) in [6.07, 6.45) is 0.0839. The normalized spacial score (nSPS) is 14.3. The van der Waals surface area contributed by atoms with Crippen molar-refractivity contribution < 1.29 is 14.7 Å². The van der Waals surface area contributed by atoms with Crippen LogP contribution in [0, 0.1) is 5.41 Å². The van der Waals surface area contributed by atoms with E-state index in [1.807, 2.05) is 39.8 Å². The van der Waals surface area contributed by atoms with Crippen molar-refractivity contribution in [1.29, 1.82) is 0 Å². The van der Waals surface area contributed by atoms with Gasteiger partial charge in [0, 0.05) is 5.69 Å². The third-order valence-corrected chi connectivity index (χ3v) is 3.44. The summed E-state index contributed by atoms with van der Waals surface area (Å²) in [5.74, 6) is -1.12. The van der Waals surface area contributed by atoms with E-state index in [-0.39, 0.29) is 23.7 Å². The first-order valence-corrected chi connectivity index (χ1v) is 6.99. The number of carboxylic acids is 1. The summed E-state index contributed by atoms with van der Waals surface area (Å²) in [6, 6.07) is 6.59. The van der Waals surface area contributed by atoms with Crippen LogP contribution in [-0.2, 0) is 9.59 Å². The second-order valence-corrected chi connectivity index (χ2v) is 6.45. The molecule has 1 aromatic carbocycles. The Balaban J connectivity index is 2.71. The van der Waals surface area contributed by atoms with Crippen LogP contribution in [0.5, 0.6) is 0 Å². The molecule has 4 N–H and O–H groups in total. The first-order chi connectivity index (χ1) is 9.61. The molecule has 0 saturated carbocycles. The van der Waals surface area contributed by atoms with Crippen molar-refractivity contribution in [2.24, 2.45) is 11.1 Å². The van der Waals surface area contributed by atoms with Gasteiger partial charge in [0.2, 0.25) is 5.91 Å². The number of hydrogen-bond donors (Lipinski definition) is 3. The Hall–Kier alpha value is -1.88. The van der Waals surface area contributed by atoms with Gasteiger partial charge in [-0.25, -0.2) is 0 Å². The summed E-state index contributed by atoms with van der Waals surface area (Å²) in [4.78, 5) is 22.7. The van der Waals surface area contributed by atoms with E-state index in [4.69, 9.17) is 10.8 Å². The van der Waals surface area contributed by atoms with Crippen LogP contribution in [0.15, 0.2) is 24.3 Å². The van der Waals surface area contributed by atoms with E-state index >= 15 is 0 Å². The van der Waals surface area contributed by atoms with E-state index in [2.05, 4.69) is 5.32 Å². The van der Waals surface area contributed by atoms with Crippen LogP contribution in [0.4, 0.5) is 5.69 Å². The van der Waals surface area contributed by atoms with Crippen molar-refractivity contribution in [2.75, 3.05) is 5.32 Å². The number of nitrogens with one attached hydrogen (secondary N) is 1. The SMILES string of the molecule is CC(CC(=O)O)c1ccc(NC(=O)C(N)C(C)(C)C)cc1. The van der Waals surface area contributed by atoms with Gasteiger partial charge >= 0.3 is 5.97 Å². The fourth-order valence-corrected chi connectivity index (χ4v) is 1.89. The Kier molecular flexibility index (Phi) is 5.49. The smallest absolute Gasteiger partial charge is 0.303 e. The first-order valence-electron chi connectivity index (χ1n) is 6.99. The average Bonchev–Trinajstić information content (AvgIpc) is 2.36. The van der Waals surface area contributed by atoms with Crippen molar-refractivity contribution in [2.45, 2.75) is 46.1 Å². The third kappa shape index (κ3) is 5.19. The molecule has 5 heteroatoms. The van der Waals surface area contributed by atoms with Gasteiger partial charge in [0.05, 0.1) is 12.5 Å². The van der Waals surface area contributed by atoms with Gasteiger partial charge in [0.15, 0.2) is 0 Å². The number of aliphatic carboxylic acids is 1. The zero-order valence-electron chi connectivity index (χ0n) is 13.0. The second kappa shape index (κ2) is 6.72. The maximum Gasteiger partial charge on any atom is 0.303 e. The van der Waals surface area contributed by atoms with Gasteiger partial charge < -0.3 is 16.2 Å². The number of benzene rings is 1. The van der Waals surface area contributed by atoms with Gasteiger partial charge in [-0.2, -0.15) is 0 Å². The fourth-order valence-electron chi connectivity index (χ4n) is 1.89. The molecule has 0 saturated heterocycles. The predicted molar refractivity (Wildman–Crippen MR) is 83.2 cm³/mol. The zero-order chi connectivity index (χ0) is 16.2. The van der Waals surface area contributed by atoms with Crippen molar-refractivity contribution in [3.63, 3.8) is 0 Å². The highest BCUT2D eigenvalue weighted by atomic mass is 16.4.